The van der Waals surface area contributed by atoms with Gasteiger partial charge in [0, 0.05) is 6.42 Å². The summed E-state index contributed by atoms with van der Waals surface area (Å²) in [5.41, 5.74) is 1.49. The summed E-state index contributed by atoms with van der Waals surface area (Å²) < 4.78 is 11.6. The number of carbonyl (C=O) groups is 2. The third kappa shape index (κ3) is 3.49. The van der Waals surface area contributed by atoms with E-state index in [1.54, 1.807) is 14.0 Å². The summed E-state index contributed by atoms with van der Waals surface area (Å²) in [6.07, 6.45) is 0.767. The molecule has 7 heteroatoms. The summed E-state index contributed by atoms with van der Waals surface area (Å²) in [5.74, 6) is 0.183. The molecule has 2 aromatic rings. The largest absolute Gasteiger partial charge is 0.497 e. The van der Waals surface area contributed by atoms with E-state index in [0.717, 1.165) is 11.3 Å². The maximum Gasteiger partial charge on any atom is 0.360 e. The lowest BCUT2D eigenvalue weighted by atomic mass is 10.2. The van der Waals surface area contributed by atoms with Crippen molar-refractivity contribution in [2.24, 2.45) is 0 Å². The highest BCUT2D eigenvalue weighted by atomic mass is 16.5. The van der Waals surface area contributed by atoms with Gasteiger partial charge in [-0.25, -0.2) is 9.48 Å². The van der Waals surface area contributed by atoms with E-state index in [4.69, 9.17) is 9.47 Å². The number of benzene rings is 1. The second kappa shape index (κ2) is 7.35. The van der Waals surface area contributed by atoms with Gasteiger partial charge in [-0.2, -0.15) is 0 Å². The van der Waals surface area contributed by atoms with E-state index in [1.165, 1.54) is 4.68 Å². The first-order valence-electron chi connectivity index (χ1n) is 6.85. The van der Waals surface area contributed by atoms with Crippen molar-refractivity contribution in [1.29, 1.82) is 0 Å². The van der Waals surface area contributed by atoms with Gasteiger partial charge in [0.15, 0.2) is 5.69 Å². The Bertz CT molecular complexity index is 649. The molecule has 22 heavy (non-hydrogen) atoms. The number of ether oxygens (including phenoxy) is 2. The minimum Gasteiger partial charge on any atom is -0.497 e. The average Bonchev–Trinajstić information content (AvgIpc) is 2.92. The van der Waals surface area contributed by atoms with E-state index < -0.39 is 5.97 Å². The Morgan fingerprint density at radius 3 is 2.64 bits per heavy atom. The molecule has 1 aromatic heterocycles. The van der Waals surface area contributed by atoms with Crippen LogP contribution in [0.1, 0.15) is 28.7 Å². The molecular weight excluding hydrogens is 286 g/mol. The van der Waals surface area contributed by atoms with Crippen molar-refractivity contribution in [3.05, 3.63) is 41.2 Å². The van der Waals surface area contributed by atoms with E-state index in [-0.39, 0.29) is 18.7 Å². The molecular formula is C15H17N3O4. The first kappa shape index (κ1) is 15.7. The molecule has 0 aliphatic heterocycles. The number of hydrogen-bond donors (Lipinski definition) is 0. The van der Waals surface area contributed by atoms with Crippen LogP contribution in [0.25, 0.3) is 0 Å². The van der Waals surface area contributed by atoms with E-state index in [0.29, 0.717) is 18.5 Å². The molecule has 0 N–H and O–H groups in total. The van der Waals surface area contributed by atoms with E-state index in [9.17, 15) is 9.59 Å². The summed E-state index contributed by atoms with van der Waals surface area (Å²) in [5, 5.41) is 7.79. The monoisotopic (exact) mass is 303 g/mol. The second-order valence-corrected chi connectivity index (χ2v) is 4.48. The third-order valence-electron chi connectivity index (χ3n) is 3.07. The van der Waals surface area contributed by atoms with Crippen LogP contribution in [0.5, 0.6) is 5.75 Å². The van der Waals surface area contributed by atoms with Crippen LogP contribution in [-0.4, -0.2) is 41.0 Å². The third-order valence-corrected chi connectivity index (χ3v) is 3.07. The second-order valence-electron chi connectivity index (χ2n) is 4.48. The van der Waals surface area contributed by atoms with Gasteiger partial charge in [-0.1, -0.05) is 17.3 Å². The molecule has 7 nitrogen and oxygen atoms in total. The summed E-state index contributed by atoms with van der Waals surface area (Å²) in [7, 11) is 1.60. The molecule has 0 bridgehead atoms. The average molecular weight is 303 g/mol. The highest BCUT2D eigenvalue weighted by molar-refractivity contribution is 5.89. The molecule has 0 aliphatic rings. The van der Waals surface area contributed by atoms with Crippen LogP contribution in [0.2, 0.25) is 0 Å². The number of methoxy groups -OCH3 is 1. The highest BCUT2D eigenvalue weighted by Crippen LogP contribution is 2.14. The van der Waals surface area contributed by atoms with Gasteiger partial charge in [-0.3, -0.25) is 0 Å². The molecule has 1 heterocycles. The Balaban J connectivity index is 2.25. The summed E-state index contributed by atoms with van der Waals surface area (Å²) >= 11 is 0. The van der Waals surface area contributed by atoms with Gasteiger partial charge in [0.2, 0.25) is 0 Å². The number of esters is 1. The molecule has 0 saturated heterocycles. The quantitative estimate of drug-likeness (QED) is 0.565. The van der Waals surface area contributed by atoms with Gasteiger partial charge in [0.1, 0.15) is 12.0 Å². The molecule has 116 valence electrons. The number of nitrogens with zero attached hydrogens (tertiary/aromatic N) is 3. The molecule has 0 amide bonds. The molecule has 0 saturated carbocycles. The van der Waals surface area contributed by atoms with Gasteiger partial charge >= 0.3 is 5.97 Å². The maximum absolute atomic E-state index is 11.8. The maximum atomic E-state index is 11.8. The number of carbonyl (C=O) groups excluding carboxylic acids is 2. The van der Waals surface area contributed by atoms with E-state index in [1.807, 2.05) is 24.3 Å². The van der Waals surface area contributed by atoms with Crippen molar-refractivity contribution in [1.82, 2.24) is 15.0 Å². The normalized spacial score (nSPS) is 10.3. The molecule has 1 aromatic carbocycles. The lowest BCUT2D eigenvalue weighted by Gasteiger charge is -2.06. The van der Waals surface area contributed by atoms with Crippen molar-refractivity contribution < 1.29 is 19.1 Å². The Kier molecular flexibility index (Phi) is 5.24. The summed E-state index contributed by atoms with van der Waals surface area (Å²) in [6.45, 7) is 2.35. The molecule has 0 aliphatic carbocycles. The molecule has 0 fully saturated rings. The lowest BCUT2D eigenvalue weighted by Crippen LogP contribution is -2.12. The Labute approximate surface area is 127 Å². The SMILES string of the molecule is CCOC(=O)c1nnn(Cc2ccc(OC)cc2)c1CC=O. The van der Waals surface area contributed by atoms with Crippen LogP contribution in [0, 0.1) is 0 Å². The van der Waals surface area contributed by atoms with Gasteiger partial charge < -0.3 is 14.3 Å². The molecule has 2 rings (SSSR count). The van der Waals surface area contributed by atoms with Crippen molar-refractivity contribution in [2.75, 3.05) is 13.7 Å². The standard InChI is InChI=1S/C15H17N3O4/c1-3-22-15(20)14-13(8-9-19)18(17-16-14)10-11-4-6-12(21-2)7-5-11/h4-7,9H,3,8,10H2,1-2H3. The van der Waals surface area contributed by atoms with Crippen LogP contribution in [0.15, 0.2) is 24.3 Å². The van der Waals surface area contributed by atoms with E-state index >= 15 is 0 Å². The van der Waals surface area contributed by atoms with Crippen molar-refractivity contribution >= 4 is 12.3 Å². The Morgan fingerprint density at radius 2 is 2.05 bits per heavy atom. The molecule has 0 atom stereocenters. The number of hydrogen-bond acceptors (Lipinski definition) is 6. The summed E-state index contributed by atoms with van der Waals surface area (Å²) in [4.78, 5) is 22.7. The van der Waals surface area contributed by atoms with Gasteiger partial charge in [0.05, 0.1) is 26.0 Å². The van der Waals surface area contributed by atoms with Crippen LogP contribution >= 0.6 is 0 Å². The fraction of sp³-hybridized carbons (Fsp3) is 0.333. The lowest BCUT2D eigenvalue weighted by molar-refractivity contribution is -0.107. The van der Waals surface area contributed by atoms with Gasteiger partial charge in [-0.15, -0.1) is 5.10 Å². The van der Waals surface area contributed by atoms with Crippen LogP contribution in [-0.2, 0) is 22.5 Å². The van der Waals surface area contributed by atoms with Crippen molar-refractivity contribution in [3.63, 3.8) is 0 Å². The minimum atomic E-state index is -0.569. The zero-order chi connectivity index (χ0) is 15.9. The first-order valence-corrected chi connectivity index (χ1v) is 6.85. The first-order chi connectivity index (χ1) is 10.7. The predicted octanol–water partition coefficient (Wildman–Crippen LogP) is 1.25. The topological polar surface area (TPSA) is 83.3 Å². The fourth-order valence-electron chi connectivity index (χ4n) is 2.00. The van der Waals surface area contributed by atoms with Crippen LogP contribution < -0.4 is 4.74 Å². The van der Waals surface area contributed by atoms with Crippen LogP contribution in [0.4, 0.5) is 0 Å². The smallest absolute Gasteiger partial charge is 0.360 e. The molecule has 0 radical (unpaired) electrons. The Morgan fingerprint density at radius 1 is 1.32 bits per heavy atom. The minimum absolute atomic E-state index is 0.0529. The fourth-order valence-corrected chi connectivity index (χ4v) is 2.00. The van der Waals surface area contributed by atoms with Crippen molar-refractivity contribution in [3.8, 4) is 5.75 Å². The van der Waals surface area contributed by atoms with Crippen molar-refractivity contribution in [2.45, 2.75) is 19.9 Å². The predicted molar refractivity (Wildman–Crippen MR) is 77.8 cm³/mol. The Hall–Kier alpha value is -2.70. The zero-order valence-electron chi connectivity index (χ0n) is 12.5. The zero-order valence-corrected chi connectivity index (χ0v) is 12.5. The summed E-state index contributed by atoms with van der Waals surface area (Å²) in [6, 6.07) is 7.43. The van der Waals surface area contributed by atoms with Gasteiger partial charge in [-0.05, 0) is 24.6 Å². The number of rotatable bonds is 7. The van der Waals surface area contributed by atoms with Gasteiger partial charge in [0.25, 0.3) is 0 Å². The number of aldehydes is 1. The highest BCUT2D eigenvalue weighted by Gasteiger charge is 2.20. The molecule has 0 spiro atoms. The van der Waals surface area contributed by atoms with E-state index in [2.05, 4.69) is 10.3 Å². The van der Waals surface area contributed by atoms with Crippen LogP contribution in [0.3, 0.4) is 0 Å². The molecule has 0 unspecified atom stereocenters. The number of aromatic nitrogens is 3.